The number of hydrogen-bond donors (Lipinski definition) is 2. The van der Waals surface area contributed by atoms with Crippen molar-refractivity contribution in [1.29, 1.82) is 0 Å². The Morgan fingerprint density at radius 1 is 1.24 bits per heavy atom. The molecule has 1 spiro atoms. The van der Waals surface area contributed by atoms with Crippen molar-refractivity contribution in [2.24, 2.45) is 5.41 Å². The minimum atomic E-state index is -0.553. The van der Waals surface area contributed by atoms with E-state index in [1.54, 1.807) is 24.3 Å². The molecule has 34 heavy (non-hydrogen) atoms. The monoisotopic (exact) mass is 487 g/mol. The SMILES string of the molecule is O=C1O[C@@H](CNC(=S)Nc2ccc([N+](=O)[O-])cc2)CN1c1ccc(N2CC3(COC3)C2)c(F)c1. The number of benzene rings is 2. The number of carbonyl (C=O) groups excluding carboxylic acids is 1. The number of cyclic esters (lactones) is 1. The molecule has 3 heterocycles. The zero-order valence-electron chi connectivity index (χ0n) is 18.0. The van der Waals surface area contributed by atoms with Gasteiger partial charge in [-0.15, -0.1) is 0 Å². The van der Waals surface area contributed by atoms with E-state index in [2.05, 4.69) is 10.6 Å². The van der Waals surface area contributed by atoms with Crippen LogP contribution < -0.4 is 20.4 Å². The minimum absolute atomic E-state index is 0.0198. The number of thiocarbonyl (C=S) groups is 1. The molecule has 2 aromatic carbocycles. The van der Waals surface area contributed by atoms with E-state index in [4.69, 9.17) is 21.7 Å². The molecule has 5 rings (SSSR count). The van der Waals surface area contributed by atoms with Crippen LogP contribution in [0.25, 0.3) is 0 Å². The lowest BCUT2D eigenvalue weighted by Crippen LogP contribution is -2.66. The maximum Gasteiger partial charge on any atom is 0.414 e. The first-order valence-electron chi connectivity index (χ1n) is 10.7. The molecule has 0 unspecified atom stereocenters. The molecule has 3 aliphatic rings. The number of carbonyl (C=O) groups is 1. The Kier molecular flexibility index (Phi) is 5.70. The number of nitro benzene ring substituents is 1. The van der Waals surface area contributed by atoms with Gasteiger partial charge in [0.1, 0.15) is 11.9 Å². The Morgan fingerprint density at radius 3 is 2.59 bits per heavy atom. The number of hydrogen-bond acceptors (Lipinski definition) is 7. The second-order valence-corrected chi connectivity index (χ2v) is 9.15. The van der Waals surface area contributed by atoms with E-state index < -0.39 is 17.1 Å². The summed E-state index contributed by atoms with van der Waals surface area (Å²) in [6, 6.07) is 10.6. The van der Waals surface area contributed by atoms with E-state index in [1.165, 1.54) is 23.1 Å². The molecule has 3 saturated heterocycles. The summed E-state index contributed by atoms with van der Waals surface area (Å²) in [5, 5.41) is 16.9. The molecule has 178 valence electrons. The van der Waals surface area contributed by atoms with Crippen LogP contribution in [0.4, 0.5) is 31.9 Å². The third-order valence-corrected chi connectivity index (χ3v) is 6.40. The van der Waals surface area contributed by atoms with Gasteiger partial charge in [0.05, 0.1) is 48.0 Å². The van der Waals surface area contributed by atoms with Gasteiger partial charge in [-0.3, -0.25) is 15.0 Å². The number of nitro groups is 1. The summed E-state index contributed by atoms with van der Waals surface area (Å²) in [4.78, 5) is 26.0. The fourth-order valence-electron chi connectivity index (χ4n) is 4.31. The first kappa shape index (κ1) is 22.3. The van der Waals surface area contributed by atoms with Gasteiger partial charge in [0.25, 0.3) is 5.69 Å². The predicted molar refractivity (Wildman–Crippen MR) is 127 cm³/mol. The molecule has 12 heteroatoms. The second kappa shape index (κ2) is 8.69. The van der Waals surface area contributed by atoms with E-state index in [9.17, 15) is 19.3 Å². The van der Waals surface area contributed by atoms with Crippen LogP contribution in [0.1, 0.15) is 0 Å². The van der Waals surface area contributed by atoms with Crippen molar-refractivity contribution in [3.05, 3.63) is 58.4 Å². The van der Waals surface area contributed by atoms with E-state index in [-0.39, 0.29) is 35.1 Å². The van der Waals surface area contributed by atoms with Crippen molar-refractivity contribution >= 4 is 46.2 Å². The maximum absolute atomic E-state index is 14.8. The van der Waals surface area contributed by atoms with Crippen molar-refractivity contribution in [2.75, 3.05) is 54.5 Å². The van der Waals surface area contributed by atoms with Gasteiger partial charge in [0, 0.05) is 30.9 Å². The van der Waals surface area contributed by atoms with Crippen LogP contribution in [0.15, 0.2) is 42.5 Å². The van der Waals surface area contributed by atoms with E-state index in [1.807, 2.05) is 4.90 Å². The van der Waals surface area contributed by atoms with Crippen LogP contribution in [0.3, 0.4) is 0 Å². The lowest BCUT2D eigenvalue weighted by molar-refractivity contribution is -0.384. The summed E-state index contributed by atoms with van der Waals surface area (Å²) in [5.41, 5.74) is 1.70. The highest BCUT2D eigenvalue weighted by Gasteiger charge is 2.49. The molecule has 0 saturated carbocycles. The van der Waals surface area contributed by atoms with Crippen LogP contribution in [0, 0.1) is 21.3 Å². The molecule has 1 atom stereocenters. The molecule has 0 radical (unpaired) electrons. The van der Waals surface area contributed by atoms with Crippen molar-refractivity contribution in [1.82, 2.24) is 5.32 Å². The molecule has 2 N–H and O–H groups in total. The Balaban J connectivity index is 1.13. The molecular weight excluding hydrogens is 465 g/mol. The summed E-state index contributed by atoms with van der Waals surface area (Å²) >= 11 is 5.24. The third kappa shape index (κ3) is 4.33. The molecule has 10 nitrogen and oxygen atoms in total. The van der Waals surface area contributed by atoms with Crippen LogP contribution in [0.5, 0.6) is 0 Å². The number of anilines is 3. The predicted octanol–water partition coefficient (Wildman–Crippen LogP) is 2.88. The molecule has 0 aliphatic carbocycles. The van der Waals surface area contributed by atoms with E-state index in [0.717, 1.165) is 26.3 Å². The normalized spacial score (nSPS) is 20.4. The van der Waals surface area contributed by atoms with Crippen molar-refractivity contribution < 1.29 is 23.6 Å². The molecule has 3 aliphatic heterocycles. The molecule has 0 aromatic heterocycles. The number of halogens is 1. The van der Waals surface area contributed by atoms with Gasteiger partial charge < -0.3 is 25.0 Å². The van der Waals surface area contributed by atoms with Gasteiger partial charge in [-0.1, -0.05) is 0 Å². The van der Waals surface area contributed by atoms with Gasteiger partial charge in [0.15, 0.2) is 5.11 Å². The lowest BCUT2D eigenvalue weighted by Gasteiger charge is -2.56. The standard InChI is InChI=1S/C22H22FN5O5S/c23-18-7-16(5-6-19(18)26-10-22(11-26)12-32-13-22)27-9-17(33-21(27)29)8-24-20(34)25-14-1-3-15(4-2-14)28(30)31/h1-7,17H,8-13H2,(H2,24,25,34)/t17-/m0/s1. The smallest absolute Gasteiger partial charge is 0.414 e. The highest BCUT2D eigenvalue weighted by atomic mass is 32.1. The Hall–Kier alpha value is -3.51. The average Bonchev–Trinajstić information content (AvgIpc) is 3.12. The van der Waals surface area contributed by atoms with Crippen molar-refractivity contribution in [3.63, 3.8) is 0 Å². The zero-order valence-corrected chi connectivity index (χ0v) is 18.8. The second-order valence-electron chi connectivity index (χ2n) is 8.74. The summed E-state index contributed by atoms with van der Waals surface area (Å²) in [6.45, 7) is 3.50. The van der Waals surface area contributed by atoms with Gasteiger partial charge in [-0.25, -0.2) is 9.18 Å². The summed E-state index contributed by atoms with van der Waals surface area (Å²) < 4.78 is 25.4. The van der Waals surface area contributed by atoms with Gasteiger partial charge >= 0.3 is 6.09 Å². The fraction of sp³-hybridized carbons (Fsp3) is 0.364. The summed E-state index contributed by atoms with van der Waals surface area (Å²) in [5.74, 6) is -0.379. The topological polar surface area (TPSA) is 109 Å². The van der Waals surface area contributed by atoms with Crippen LogP contribution in [-0.2, 0) is 9.47 Å². The van der Waals surface area contributed by atoms with Crippen molar-refractivity contribution in [2.45, 2.75) is 6.10 Å². The highest BCUT2D eigenvalue weighted by Crippen LogP contribution is 2.41. The van der Waals surface area contributed by atoms with Gasteiger partial charge in [-0.05, 0) is 42.5 Å². The number of rotatable bonds is 6. The molecule has 3 fully saturated rings. The highest BCUT2D eigenvalue weighted by molar-refractivity contribution is 7.80. The first-order chi connectivity index (χ1) is 16.3. The Morgan fingerprint density at radius 2 is 1.97 bits per heavy atom. The van der Waals surface area contributed by atoms with Crippen LogP contribution in [-0.4, -0.2) is 61.6 Å². The minimum Gasteiger partial charge on any atom is -0.442 e. The van der Waals surface area contributed by atoms with E-state index >= 15 is 0 Å². The number of nitrogens with zero attached hydrogens (tertiary/aromatic N) is 3. The average molecular weight is 488 g/mol. The fourth-order valence-corrected chi connectivity index (χ4v) is 4.52. The van der Waals surface area contributed by atoms with Crippen molar-refractivity contribution in [3.8, 4) is 0 Å². The summed E-state index contributed by atoms with van der Waals surface area (Å²) in [6.07, 6.45) is -1.04. The molecular formula is C22H22FN5O5S. The number of nitrogens with one attached hydrogen (secondary N) is 2. The molecule has 0 bridgehead atoms. The van der Waals surface area contributed by atoms with Crippen LogP contribution >= 0.6 is 12.2 Å². The van der Waals surface area contributed by atoms with Gasteiger partial charge in [-0.2, -0.15) is 0 Å². The largest absolute Gasteiger partial charge is 0.442 e. The van der Waals surface area contributed by atoms with Gasteiger partial charge in [0.2, 0.25) is 0 Å². The van der Waals surface area contributed by atoms with E-state index in [0.29, 0.717) is 17.1 Å². The maximum atomic E-state index is 14.8. The Labute approximate surface area is 199 Å². The Bertz CT molecular complexity index is 1140. The molecule has 2 aromatic rings. The zero-order chi connectivity index (χ0) is 23.9. The number of amides is 1. The summed E-state index contributed by atoms with van der Waals surface area (Å²) in [7, 11) is 0. The lowest BCUT2D eigenvalue weighted by atomic mass is 9.78. The number of ether oxygens (including phenoxy) is 2. The molecule has 1 amide bonds. The number of non-ortho nitro benzene ring substituents is 1. The quantitative estimate of drug-likeness (QED) is 0.361. The third-order valence-electron chi connectivity index (χ3n) is 6.15. The van der Waals surface area contributed by atoms with Crippen LogP contribution in [0.2, 0.25) is 0 Å². The first-order valence-corrected chi connectivity index (χ1v) is 11.1.